The number of hydrogen-bond donors (Lipinski definition) is 3. The molecule has 0 radical (unpaired) electrons. The van der Waals surface area contributed by atoms with E-state index >= 15 is 0 Å². The van der Waals surface area contributed by atoms with Crippen LogP contribution in [0.4, 0.5) is 11.4 Å². The number of anilines is 1. The summed E-state index contributed by atoms with van der Waals surface area (Å²) >= 11 is 7.24. The topological polar surface area (TPSA) is 135 Å². The van der Waals surface area contributed by atoms with Crippen molar-refractivity contribution in [3.8, 4) is 11.5 Å². The van der Waals surface area contributed by atoms with Crippen molar-refractivity contribution in [3.63, 3.8) is 0 Å². The molecular weight excluding hydrogens is 748 g/mol. The van der Waals surface area contributed by atoms with E-state index in [9.17, 15) is 14.9 Å². The Morgan fingerprint density at radius 3 is 2.66 bits per heavy atom. The van der Waals surface area contributed by atoms with Gasteiger partial charge in [-0.25, -0.2) is 4.98 Å². The molecule has 3 aromatic carbocycles. The van der Waals surface area contributed by atoms with Crippen LogP contribution in [-0.4, -0.2) is 65.6 Å². The molecule has 0 saturated carbocycles. The Morgan fingerprint density at radius 1 is 1.07 bits per heavy atom. The van der Waals surface area contributed by atoms with E-state index in [1.54, 1.807) is 31.5 Å². The number of nitro benzene ring substituents is 1. The number of allylic oxidation sites excluding steroid dienone is 1. The maximum Gasteiger partial charge on any atom is 0.293 e. The van der Waals surface area contributed by atoms with Gasteiger partial charge in [-0.05, 0) is 114 Å². The van der Waals surface area contributed by atoms with Gasteiger partial charge in [0, 0.05) is 60.9 Å². The van der Waals surface area contributed by atoms with Crippen LogP contribution < -0.4 is 14.8 Å². The van der Waals surface area contributed by atoms with Gasteiger partial charge in [0.1, 0.15) is 22.8 Å². The summed E-state index contributed by atoms with van der Waals surface area (Å²) in [5.74, 6) is 0.473. The van der Waals surface area contributed by atoms with Gasteiger partial charge in [-0.2, -0.15) is 0 Å². The van der Waals surface area contributed by atoms with Crippen molar-refractivity contribution < 1.29 is 19.2 Å². The first-order chi connectivity index (χ1) is 27.0. The first-order valence-electron chi connectivity index (χ1n) is 18.7. The first kappa shape index (κ1) is 39.1. The number of nitrogens with zero attached hydrogens (tertiary/aromatic N) is 3. The third kappa shape index (κ3) is 9.44. The number of nitro groups is 1. The van der Waals surface area contributed by atoms with Gasteiger partial charge in [0.15, 0.2) is 0 Å². The number of fused-ring (bicyclic) bond motifs is 1. The molecule has 13 heteroatoms. The highest BCUT2D eigenvalue weighted by molar-refractivity contribution is 7.98. The van der Waals surface area contributed by atoms with Crippen LogP contribution in [0.2, 0.25) is 5.02 Å². The molecule has 2 aliphatic rings. The maximum atomic E-state index is 13.7. The molecule has 290 valence electrons. The smallest absolute Gasteiger partial charge is 0.293 e. The standard InChI is InChI=1S/C43H45ClN6O5S/c1-43(2)16-12-32(37(25-43)29-4-7-33(44)8-5-29)27-49-19-14-28(15-20-49)30-6-10-36(40(23-30)55-34-22-31-13-17-46-41(31)47-26-34)42(51)48-56-35-9-11-38(45-18-21-54-3)39(24-35)50(52)53/h4-11,13-14,17,22-24,26,45H,12,15-16,18-21,25,27H2,1-3H3,(H,46,47)(H,48,51). The number of carbonyl (C=O) groups is 1. The Morgan fingerprint density at radius 2 is 1.89 bits per heavy atom. The van der Waals surface area contributed by atoms with Crippen LogP contribution in [0.25, 0.3) is 22.2 Å². The Labute approximate surface area is 335 Å². The fourth-order valence-electron chi connectivity index (χ4n) is 7.27. The molecule has 0 atom stereocenters. The lowest BCUT2D eigenvalue weighted by molar-refractivity contribution is -0.384. The van der Waals surface area contributed by atoms with Crippen LogP contribution in [0.1, 0.15) is 61.0 Å². The van der Waals surface area contributed by atoms with Gasteiger partial charge in [-0.1, -0.05) is 55.3 Å². The van der Waals surface area contributed by atoms with Crippen molar-refractivity contribution >= 4 is 63.0 Å². The number of aromatic amines is 1. The molecule has 7 rings (SSSR count). The highest BCUT2D eigenvalue weighted by Crippen LogP contribution is 2.44. The van der Waals surface area contributed by atoms with Crippen LogP contribution in [0.5, 0.6) is 11.5 Å². The Hall–Kier alpha value is -5.14. The fraction of sp³-hybridized carbons (Fsp3) is 0.302. The number of methoxy groups -OCH3 is 1. The predicted octanol–water partition coefficient (Wildman–Crippen LogP) is 10.2. The lowest BCUT2D eigenvalue weighted by Crippen LogP contribution is -2.32. The van der Waals surface area contributed by atoms with E-state index in [4.69, 9.17) is 21.1 Å². The van der Waals surface area contributed by atoms with Crippen LogP contribution in [0.3, 0.4) is 0 Å². The van der Waals surface area contributed by atoms with Gasteiger partial charge in [-0.3, -0.25) is 24.5 Å². The summed E-state index contributed by atoms with van der Waals surface area (Å²) in [7, 11) is 1.57. The molecule has 3 heterocycles. The van der Waals surface area contributed by atoms with Crippen molar-refractivity contribution in [3.05, 3.63) is 129 Å². The molecule has 1 aliphatic heterocycles. The minimum absolute atomic E-state index is 0.0953. The summed E-state index contributed by atoms with van der Waals surface area (Å²) in [5, 5.41) is 16.5. The third-order valence-electron chi connectivity index (χ3n) is 10.3. The number of aromatic nitrogens is 2. The first-order valence-corrected chi connectivity index (χ1v) is 19.9. The Balaban J connectivity index is 1.10. The second-order valence-electron chi connectivity index (χ2n) is 14.9. The highest BCUT2D eigenvalue weighted by Gasteiger charge is 2.29. The zero-order valence-corrected chi connectivity index (χ0v) is 33.3. The molecule has 0 bridgehead atoms. The highest BCUT2D eigenvalue weighted by atomic mass is 35.5. The van der Waals surface area contributed by atoms with Gasteiger partial charge in [0.05, 0.1) is 23.3 Å². The summed E-state index contributed by atoms with van der Waals surface area (Å²) < 4.78 is 14.3. The molecule has 1 aliphatic carbocycles. The fourth-order valence-corrected chi connectivity index (χ4v) is 8.02. The Bertz CT molecular complexity index is 2300. The van der Waals surface area contributed by atoms with E-state index in [1.165, 1.54) is 34.8 Å². The second-order valence-corrected chi connectivity index (χ2v) is 16.2. The molecule has 5 aromatic rings. The largest absolute Gasteiger partial charge is 0.455 e. The minimum atomic E-state index is -0.452. The second kappa shape index (κ2) is 17.3. The molecule has 0 saturated heterocycles. The zero-order chi connectivity index (χ0) is 39.2. The number of halogens is 1. The van der Waals surface area contributed by atoms with Crippen LogP contribution in [-0.2, 0) is 4.74 Å². The predicted molar refractivity (Wildman–Crippen MR) is 224 cm³/mol. The number of amides is 1. The summed E-state index contributed by atoms with van der Waals surface area (Å²) in [4.78, 5) is 35.7. The molecule has 56 heavy (non-hydrogen) atoms. The maximum absolute atomic E-state index is 13.7. The van der Waals surface area contributed by atoms with E-state index in [-0.39, 0.29) is 11.1 Å². The Kier molecular flexibility index (Phi) is 12.1. The summed E-state index contributed by atoms with van der Waals surface area (Å²) in [6.45, 7) is 8.17. The van der Waals surface area contributed by atoms with Crippen molar-refractivity contribution in [2.75, 3.05) is 45.2 Å². The number of H-pyrrole nitrogens is 1. The van der Waals surface area contributed by atoms with E-state index < -0.39 is 10.8 Å². The average molecular weight is 793 g/mol. The summed E-state index contributed by atoms with van der Waals surface area (Å²) in [6.07, 6.45) is 9.86. The van der Waals surface area contributed by atoms with E-state index in [2.05, 4.69) is 57.0 Å². The van der Waals surface area contributed by atoms with Crippen molar-refractivity contribution in [2.24, 2.45) is 5.41 Å². The number of carbonyl (C=O) groups excluding carboxylic acids is 1. The summed E-state index contributed by atoms with van der Waals surface area (Å²) in [5.41, 5.74) is 7.97. The molecule has 0 fully saturated rings. The molecule has 3 N–H and O–H groups in total. The quantitative estimate of drug-likeness (QED) is 0.0435. The van der Waals surface area contributed by atoms with E-state index in [1.807, 2.05) is 42.6 Å². The lowest BCUT2D eigenvalue weighted by atomic mass is 9.72. The lowest BCUT2D eigenvalue weighted by Gasteiger charge is -2.36. The van der Waals surface area contributed by atoms with Gasteiger partial charge in [0.25, 0.3) is 11.6 Å². The molecule has 1 amide bonds. The van der Waals surface area contributed by atoms with Gasteiger partial charge >= 0.3 is 0 Å². The van der Waals surface area contributed by atoms with Gasteiger partial charge in [0.2, 0.25) is 0 Å². The third-order valence-corrected chi connectivity index (χ3v) is 11.4. The number of hydrogen-bond acceptors (Lipinski definition) is 9. The van der Waals surface area contributed by atoms with Crippen molar-refractivity contribution in [2.45, 2.75) is 44.4 Å². The number of nitrogens with one attached hydrogen (secondary N) is 3. The number of rotatable bonds is 14. The van der Waals surface area contributed by atoms with Crippen molar-refractivity contribution in [1.29, 1.82) is 0 Å². The monoisotopic (exact) mass is 792 g/mol. The number of pyridine rings is 1. The molecule has 2 aromatic heterocycles. The molecule has 11 nitrogen and oxygen atoms in total. The summed E-state index contributed by atoms with van der Waals surface area (Å²) in [6, 6.07) is 22.5. The van der Waals surface area contributed by atoms with Gasteiger partial charge in [-0.15, -0.1) is 0 Å². The van der Waals surface area contributed by atoms with Crippen LogP contribution in [0.15, 0.2) is 102 Å². The average Bonchev–Trinajstić information content (AvgIpc) is 3.67. The van der Waals surface area contributed by atoms with Crippen LogP contribution in [0, 0.1) is 15.5 Å². The number of benzene rings is 3. The van der Waals surface area contributed by atoms with E-state index in [0.29, 0.717) is 40.8 Å². The zero-order valence-electron chi connectivity index (χ0n) is 31.7. The van der Waals surface area contributed by atoms with Gasteiger partial charge < -0.3 is 19.8 Å². The van der Waals surface area contributed by atoms with Crippen LogP contribution >= 0.6 is 23.5 Å². The van der Waals surface area contributed by atoms with Crippen molar-refractivity contribution in [1.82, 2.24) is 19.6 Å². The normalized spacial score (nSPS) is 15.8. The molecular formula is C43H45ClN6O5S. The molecule has 0 unspecified atom stereocenters. The number of ether oxygens (including phenoxy) is 2. The van der Waals surface area contributed by atoms with E-state index in [0.717, 1.165) is 72.5 Å². The minimum Gasteiger partial charge on any atom is -0.455 e. The SMILES string of the molecule is COCCNc1ccc(SNC(=O)c2ccc(C3=CCN(CC4=C(c5ccc(Cl)cc5)CC(C)(C)CC4)CC3)cc2Oc2cnc3[nH]ccc3c2)cc1[N+](=O)[O-]. The molecule has 0 spiro atoms.